The molecule has 2 aliphatic heterocycles. The first-order valence-corrected chi connectivity index (χ1v) is 10.1. The summed E-state index contributed by atoms with van der Waals surface area (Å²) in [6.07, 6.45) is 3.19. The molecule has 4 rings (SSSR count). The van der Waals surface area contributed by atoms with Gasteiger partial charge in [-0.15, -0.1) is 0 Å². The quantitative estimate of drug-likeness (QED) is 0.385. The van der Waals surface area contributed by atoms with E-state index in [0.717, 1.165) is 27.8 Å². The number of hydrogen-bond donors (Lipinski definition) is 0. The molecule has 0 saturated carbocycles. The van der Waals surface area contributed by atoms with E-state index in [2.05, 4.69) is 5.10 Å². The molecule has 2 aromatic carbocycles. The Bertz CT molecular complexity index is 1020. The van der Waals surface area contributed by atoms with Crippen LogP contribution in [0.25, 0.3) is 0 Å². The summed E-state index contributed by atoms with van der Waals surface area (Å²) < 4.78 is 15.9. The van der Waals surface area contributed by atoms with E-state index in [-0.39, 0.29) is 5.50 Å². The van der Waals surface area contributed by atoms with Crippen LogP contribution in [0.2, 0.25) is 0 Å². The summed E-state index contributed by atoms with van der Waals surface area (Å²) in [5.41, 5.74) is 2.06. The van der Waals surface area contributed by atoms with Gasteiger partial charge in [0.15, 0.2) is 5.50 Å². The summed E-state index contributed by atoms with van der Waals surface area (Å²) in [6, 6.07) is 17.4. The molecule has 0 saturated heterocycles. The van der Waals surface area contributed by atoms with Crippen LogP contribution in [0.1, 0.15) is 6.92 Å². The van der Waals surface area contributed by atoms with Crippen LogP contribution in [0.5, 0.6) is 11.5 Å². The molecule has 154 valence electrons. The Hall–Kier alpha value is -3.39. The van der Waals surface area contributed by atoms with E-state index < -0.39 is 5.97 Å². The van der Waals surface area contributed by atoms with Gasteiger partial charge < -0.3 is 14.2 Å². The fourth-order valence-electron chi connectivity index (χ4n) is 3.18. The van der Waals surface area contributed by atoms with E-state index in [0.29, 0.717) is 5.57 Å². The van der Waals surface area contributed by atoms with Crippen molar-refractivity contribution in [1.82, 2.24) is 5.01 Å². The zero-order chi connectivity index (χ0) is 21.1. The molecule has 7 nitrogen and oxygen atoms in total. The monoisotopic (exact) mass is 423 g/mol. The molecular weight excluding hydrogens is 402 g/mol. The molecule has 0 fully saturated rings. The molecule has 0 aliphatic carbocycles. The standard InChI is InChI=1S/C22H21N3O4S/c1-15-20(19(13-27-2)21(26)28-3)30-22-24(14-23-25(15)22)16-9-11-18(12-10-16)29-17-7-5-4-6-8-17/h4-14,22H,1-3H3. The number of allylic oxidation sites excluding steroid dienone is 1. The van der Waals surface area contributed by atoms with Gasteiger partial charge in [0.25, 0.3) is 0 Å². The number of esters is 1. The minimum atomic E-state index is -0.446. The minimum Gasteiger partial charge on any atom is -0.503 e. The second-order valence-electron chi connectivity index (χ2n) is 6.51. The SMILES string of the molecule is COC=C(C(=O)OC)C1=C(C)N2N=CN(c3ccc(Oc4ccccc4)cc3)C2S1. The number of methoxy groups -OCH3 is 2. The number of hydrogen-bond acceptors (Lipinski definition) is 8. The van der Waals surface area contributed by atoms with E-state index in [4.69, 9.17) is 14.2 Å². The van der Waals surface area contributed by atoms with Crippen molar-refractivity contribution in [2.24, 2.45) is 5.10 Å². The van der Waals surface area contributed by atoms with E-state index in [1.54, 1.807) is 6.34 Å². The summed E-state index contributed by atoms with van der Waals surface area (Å²) in [6.45, 7) is 1.92. The zero-order valence-electron chi connectivity index (χ0n) is 16.8. The third-order valence-corrected chi connectivity index (χ3v) is 6.03. The molecule has 2 aromatic rings. The van der Waals surface area contributed by atoms with Crippen molar-refractivity contribution in [2.45, 2.75) is 12.4 Å². The smallest absolute Gasteiger partial charge is 0.342 e. The first-order valence-electron chi connectivity index (χ1n) is 9.26. The van der Waals surface area contributed by atoms with Gasteiger partial charge in [-0.1, -0.05) is 30.0 Å². The van der Waals surface area contributed by atoms with E-state index in [1.165, 1.54) is 32.2 Å². The van der Waals surface area contributed by atoms with Crippen molar-refractivity contribution in [3.8, 4) is 11.5 Å². The summed E-state index contributed by atoms with van der Waals surface area (Å²) in [4.78, 5) is 15.0. The number of benzene rings is 2. The first kappa shape index (κ1) is 19.9. The number of para-hydroxylation sites is 1. The molecule has 8 heteroatoms. The predicted molar refractivity (Wildman–Crippen MR) is 117 cm³/mol. The number of hydrazone groups is 1. The average molecular weight is 423 g/mol. The van der Waals surface area contributed by atoms with Gasteiger partial charge in [-0.05, 0) is 43.3 Å². The molecule has 0 N–H and O–H groups in total. The molecule has 0 bridgehead atoms. The van der Waals surface area contributed by atoms with E-state index >= 15 is 0 Å². The summed E-state index contributed by atoms with van der Waals surface area (Å²) in [5.74, 6) is 1.09. The Morgan fingerprint density at radius 3 is 2.43 bits per heavy atom. The molecule has 0 spiro atoms. The van der Waals surface area contributed by atoms with Crippen LogP contribution in [0.15, 0.2) is 82.1 Å². The summed E-state index contributed by atoms with van der Waals surface area (Å²) >= 11 is 1.52. The van der Waals surface area contributed by atoms with Gasteiger partial charge in [0, 0.05) is 10.6 Å². The van der Waals surface area contributed by atoms with Crippen LogP contribution in [0, 0.1) is 0 Å². The maximum absolute atomic E-state index is 12.2. The lowest BCUT2D eigenvalue weighted by molar-refractivity contribution is -0.135. The van der Waals surface area contributed by atoms with Crippen molar-refractivity contribution in [3.63, 3.8) is 0 Å². The van der Waals surface area contributed by atoms with Gasteiger partial charge in [0.1, 0.15) is 23.4 Å². The first-order chi connectivity index (χ1) is 14.6. The van der Waals surface area contributed by atoms with Gasteiger partial charge in [-0.25, -0.2) is 9.80 Å². The topological polar surface area (TPSA) is 63.6 Å². The van der Waals surface area contributed by atoms with Gasteiger partial charge in [0.05, 0.1) is 26.2 Å². The molecule has 0 amide bonds. The maximum atomic E-state index is 12.2. The van der Waals surface area contributed by atoms with Crippen molar-refractivity contribution < 1.29 is 19.0 Å². The Morgan fingerprint density at radius 1 is 1.07 bits per heavy atom. The second kappa shape index (κ2) is 8.54. The van der Waals surface area contributed by atoms with Gasteiger partial charge in [-0.2, -0.15) is 5.10 Å². The molecule has 0 radical (unpaired) electrons. The predicted octanol–water partition coefficient (Wildman–Crippen LogP) is 4.51. The third kappa shape index (κ3) is 3.73. The number of carbonyl (C=O) groups excluding carboxylic acids is 1. The van der Waals surface area contributed by atoms with Gasteiger partial charge in [0.2, 0.25) is 0 Å². The van der Waals surface area contributed by atoms with Crippen LogP contribution in [0.4, 0.5) is 5.69 Å². The highest BCUT2D eigenvalue weighted by Gasteiger charge is 2.40. The summed E-state index contributed by atoms with van der Waals surface area (Å²) in [5, 5.41) is 6.38. The number of carbonyl (C=O) groups is 1. The fourth-order valence-corrected chi connectivity index (χ4v) is 4.52. The van der Waals surface area contributed by atoms with Crippen molar-refractivity contribution in [2.75, 3.05) is 19.1 Å². The van der Waals surface area contributed by atoms with E-state index in [9.17, 15) is 4.79 Å². The highest BCUT2D eigenvalue weighted by molar-refractivity contribution is 8.04. The van der Waals surface area contributed by atoms with Crippen LogP contribution in [-0.2, 0) is 14.3 Å². The number of nitrogens with zero attached hydrogens (tertiary/aromatic N) is 3. The number of anilines is 1. The highest BCUT2D eigenvalue weighted by atomic mass is 32.2. The van der Waals surface area contributed by atoms with Crippen molar-refractivity contribution in [1.29, 1.82) is 0 Å². The van der Waals surface area contributed by atoms with Gasteiger partial charge in [-0.3, -0.25) is 4.90 Å². The molecule has 30 heavy (non-hydrogen) atoms. The molecule has 1 unspecified atom stereocenters. The molecule has 2 aliphatic rings. The largest absolute Gasteiger partial charge is 0.503 e. The number of rotatable bonds is 6. The van der Waals surface area contributed by atoms with Gasteiger partial charge >= 0.3 is 5.97 Å². The lowest BCUT2D eigenvalue weighted by atomic mass is 10.2. The lowest BCUT2D eigenvalue weighted by Crippen LogP contribution is -2.33. The van der Waals surface area contributed by atoms with Crippen LogP contribution in [-0.4, -0.2) is 37.0 Å². The number of thioether (sulfide) groups is 1. The van der Waals surface area contributed by atoms with Crippen LogP contribution in [0.3, 0.4) is 0 Å². The molecular formula is C22H21N3O4S. The Balaban J connectivity index is 1.52. The highest BCUT2D eigenvalue weighted by Crippen LogP contribution is 2.46. The molecule has 1 atom stereocenters. The third-order valence-electron chi connectivity index (χ3n) is 4.64. The Kier molecular flexibility index (Phi) is 5.67. The second-order valence-corrected chi connectivity index (χ2v) is 7.57. The Labute approximate surface area is 179 Å². The normalized spacial score (nSPS) is 18.0. The van der Waals surface area contributed by atoms with Crippen molar-refractivity contribution in [3.05, 3.63) is 77.0 Å². The average Bonchev–Trinajstić information content (AvgIpc) is 3.33. The fraction of sp³-hybridized carbons (Fsp3) is 0.182. The van der Waals surface area contributed by atoms with Crippen molar-refractivity contribution >= 4 is 29.8 Å². The maximum Gasteiger partial charge on any atom is 0.342 e. The molecule has 2 heterocycles. The minimum absolute atomic E-state index is 0.134. The molecule has 0 aromatic heterocycles. The lowest BCUT2D eigenvalue weighted by Gasteiger charge is -2.24. The zero-order valence-corrected chi connectivity index (χ0v) is 17.6. The summed E-state index contributed by atoms with van der Waals surface area (Å²) in [7, 11) is 2.86. The Morgan fingerprint density at radius 2 is 1.77 bits per heavy atom. The van der Waals surface area contributed by atoms with Crippen LogP contribution < -0.4 is 9.64 Å². The van der Waals surface area contributed by atoms with E-state index in [1.807, 2.05) is 71.4 Å². The van der Waals surface area contributed by atoms with Crippen LogP contribution >= 0.6 is 11.8 Å². The number of fused-ring (bicyclic) bond motifs is 1. The number of ether oxygens (including phenoxy) is 3.